The lowest BCUT2D eigenvalue weighted by molar-refractivity contribution is -0.148. The van der Waals surface area contributed by atoms with Crippen LogP contribution in [0.4, 0.5) is 0 Å². The summed E-state index contributed by atoms with van der Waals surface area (Å²) in [7, 11) is 0. The van der Waals surface area contributed by atoms with Crippen molar-refractivity contribution in [1.29, 1.82) is 0 Å². The number of aryl methyl sites for hydroxylation is 2. The Kier molecular flexibility index (Phi) is 6.34. The number of benzene rings is 2. The van der Waals surface area contributed by atoms with E-state index in [1.165, 1.54) is 11.8 Å². The molecule has 0 aliphatic carbocycles. The van der Waals surface area contributed by atoms with Gasteiger partial charge >= 0.3 is 5.97 Å². The van der Waals surface area contributed by atoms with E-state index in [1.807, 2.05) is 34.9 Å². The van der Waals surface area contributed by atoms with Gasteiger partial charge in [-0.05, 0) is 37.0 Å². The van der Waals surface area contributed by atoms with Crippen molar-refractivity contribution >= 4 is 28.4 Å². The van der Waals surface area contributed by atoms with E-state index in [4.69, 9.17) is 5.11 Å². The van der Waals surface area contributed by atoms with Crippen LogP contribution in [0.2, 0.25) is 0 Å². The molecule has 6 heteroatoms. The van der Waals surface area contributed by atoms with Gasteiger partial charge in [-0.25, -0.2) is 4.79 Å². The highest BCUT2D eigenvalue weighted by atomic mass is 16.4. The fourth-order valence-electron chi connectivity index (χ4n) is 3.30. The van der Waals surface area contributed by atoms with Gasteiger partial charge in [0.1, 0.15) is 0 Å². The fraction of sp³-hybridized carbons (Fsp3) is 0.217. The number of rotatable bonds is 9. The Morgan fingerprint density at radius 2 is 1.59 bits per heavy atom. The Morgan fingerprint density at radius 1 is 0.897 bits per heavy atom. The van der Waals surface area contributed by atoms with E-state index < -0.39 is 29.4 Å². The van der Waals surface area contributed by atoms with Gasteiger partial charge in [0, 0.05) is 18.1 Å². The van der Waals surface area contributed by atoms with Gasteiger partial charge in [0.25, 0.3) is 0 Å². The molecule has 148 valence electrons. The number of ketones is 2. The molecule has 2 aromatic carbocycles. The molecule has 3 rings (SSSR count). The maximum absolute atomic E-state index is 12.7. The van der Waals surface area contributed by atoms with Gasteiger partial charge in [-0.1, -0.05) is 42.5 Å². The minimum absolute atomic E-state index is 0.152. The number of fused-ring (bicyclic) bond motifs is 1. The number of hydrogen-bond donors (Lipinski definition) is 1. The van der Waals surface area contributed by atoms with Crippen LogP contribution in [0.5, 0.6) is 0 Å². The van der Waals surface area contributed by atoms with Crippen molar-refractivity contribution in [2.24, 2.45) is 0 Å². The molecule has 0 amide bonds. The molecule has 0 radical (unpaired) electrons. The fourth-order valence-corrected chi connectivity index (χ4v) is 3.30. The van der Waals surface area contributed by atoms with E-state index in [1.54, 1.807) is 12.1 Å². The summed E-state index contributed by atoms with van der Waals surface area (Å²) in [5.74, 6) is -3.68. The minimum Gasteiger partial charge on any atom is -0.475 e. The second kappa shape index (κ2) is 9.10. The summed E-state index contributed by atoms with van der Waals surface area (Å²) in [5, 5.41) is 9.10. The van der Waals surface area contributed by atoms with E-state index in [0.29, 0.717) is 17.4 Å². The van der Waals surface area contributed by atoms with E-state index >= 15 is 0 Å². The molecule has 0 atom stereocenters. The standard InChI is InChI=1S/C23H21NO5/c25-20(14-21(26)23(28)29)18-15-24(19-12-5-4-11-17(19)22(18)27)13-7-6-10-16-8-2-1-3-9-16/h1-5,8-9,11-12,15H,6-7,10,13-14H2,(H,28,29). The van der Waals surface area contributed by atoms with Crippen LogP contribution in [0.15, 0.2) is 65.6 Å². The SMILES string of the molecule is O=C(O)C(=O)CC(=O)c1cn(CCCCc2ccccc2)c2ccccc2c1=O. The molecule has 1 N–H and O–H groups in total. The van der Waals surface area contributed by atoms with Crippen LogP contribution in [0, 0.1) is 0 Å². The zero-order chi connectivity index (χ0) is 20.8. The normalized spacial score (nSPS) is 10.8. The Bertz CT molecular complexity index is 1120. The number of para-hydroxylation sites is 1. The number of hydrogen-bond acceptors (Lipinski definition) is 4. The van der Waals surface area contributed by atoms with E-state index in [9.17, 15) is 19.2 Å². The van der Waals surface area contributed by atoms with Gasteiger partial charge < -0.3 is 9.67 Å². The molecule has 0 spiro atoms. The number of carboxylic acid groups (broad SMARTS) is 1. The monoisotopic (exact) mass is 391 g/mol. The average Bonchev–Trinajstić information content (AvgIpc) is 2.73. The molecule has 0 unspecified atom stereocenters. The summed E-state index contributed by atoms with van der Waals surface area (Å²) < 4.78 is 1.83. The Labute approximate surface area is 167 Å². The number of aliphatic carboxylic acids is 1. The Morgan fingerprint density at radius 3 is 2.31 bits per heavy atom. The third-order valence-corrected chi connectivity index (χ3v) is 4.81. The number of nitrogens with zero attached hydrogens (tertiary/aromatic N) is 1. The molecule has 6 nitrogen and oxygen atoms in total. The van der Waals surface area contributed by atoms with Crippen molar-refractivity contribution in [2.45, 2.75) is 32.2 Å². The molecule has 1 aromatic heterocycles. The first-order chi connectivity index (χ1) is 14.0. The number of carbonyl (C=O) groups is 3. The first-order valence-electron chi connectivity index (χ1n) is 9.43. The number of carbonyl (C=O) groups excluding carboxylic acids is 2. The molecule has 29 heavy (non-hydrogen) atoms. The van der Waals surface area contributed by atoms with Crippen molar-refractivity contribution in [1.82, 2.24) is 4.57 Å². The number of aromatic nitrogens is 1. The highest BCUT2D eigenvalue weighted by molar-refractivity contribution is 6.37. The molecule has 0 aliphatic heterocycles. The lowest BCUT2D eigenvalue weighted by Gasteiger charge is -2.13. The molecule has 3 aromatic rings. The van der Waals surface area contributed by atoms with Gasteiger partial charge in [0.15, 0.2) is 11.2 Å². The van der Waals surface area contributed by atoms with Crippen molar-refractivity contribution in [3.63, 3.8) is 0 Å². The van der Waals surface area contributed by atoms with Crippen molar-refractivity contribution in [3.05, 3.63) is 82.1 Å². The zero-order valence-electron chi connectivity index (χ0n) is 15.8. The van der Waals surface area contributed by atoms with Gasteiger partial charge in [-0.2, -0.15) is 0 Å². The molecular formula is C23H21NO5. The van der Waals surface area contributed by atoms with E-state index in [2.05, 4.69) is 12.1 Å². The molecule has 0 fully saturated rings. The maximum atomic E-state index is 12.7. The van der Waals surface area contributed by atoms with Gasteiger partial charge in [0.05, 0.1) is 17.5 Å². The van der Waals surface area contributed by atoms with Crippen LogP contribution in [-0.2, 0) is 22.6 Å². The predicted octanol–water partition coefficient (Wildman–Crippen LogP) is 3.25. The van der Waals surface area contributed by atoms with Gasteiger partial charge in [-0.3, -0.25) is 14.4 Å². The Balaban J connectivity index is 1.83. The van der Waals surface area contributed by atoms with Crippen molar-refractivity contribution in [2.75, 3.05) is 0 Å². The van der Waals surface area contributed by atoms with Gasteiger partial charge in [-0.15, -0.1) is 0 Å². The summed E-state index contributed by atoms with van der Waals surface area (Å²) in [6.45, 7) is 0.598. The first kappa shape index (κ1) is 20.2. The number of Topliss-reactive ketones (excluding diaryl/α,β-unsaturated/α-hetero) is 2. The Hall–Kier alpha value is -3.54. The van der Waals surface area contributed by atoms with Crippen LogP contribution in [0.3, 0.4) is 0 Å². The highest BCUT2D eigenvalue weighted by Crippen LogP contribution is 2.15. The van der Waals surface area contributed by atoms with Crippen molar-refractivity contribution in [3.8, 4) is 0 Å². The summed E-state index contributed by atoms with van der Waals surface area (Å²) in [6.07, 6.45) is 3.33. The van der Waals surface area contributed by atoms with Crippen LogP contribution < -0.4 is 5.43 Å². The smallest absolute Gasteiger partial charge is 0.372 e. The second-order valence-electron chi connectivity index (χ2n) is 6.85. The average molecular weight is 391 g/mol. The lowest BCUT2D eigenvalue weighted by atomic mass is 10.0. The lowest BCUT2D eigenvalue weighted by Crippen LogP contribution is -2.23. The number of pyridine rings is 1. The van der Waals surface area contributed by atoms with E-state index in [-0.39, 0.29) is 5.56 Å². The quantitative estimate of drug-likeness (QED) is 0.262. The third-order valence-electron chi connectivity index (χ3n) is 4.81. The molecule has 0 saturated carbocycles. The van der Waals surface area contributed by atoms with Crippen LogP contribution in [-0.4, -0.2) is 27.2 Å². The van der Waals surface area contributed by atoms with Crippen LogP contribution in [0.25, 0.3) is 10.9 Å². The zero-order valence-corrected chi connectivity index (χ0v) is 15.8. The summed E-state index contributed by atoms with van der Waals surface area (Å²) >= 11 is 0. The molecule has 0 aliphatic rings. The second-order valence-corrected chi connectivity index (χ2v) is 6.85. The maximum Gasteiger partial charge on any atom is 0.372 e. The summed E-state index contributed by atoms with van der Waals surface area (Å²) in [4.78, 5) is 47.2. The molecule has 0 saturated heterocycles. The molecule has 0 bridgehead atoms. The number of carboxylic acids is 1. The third kappa shape index (κ3) is 4.85. The van der Waals surface area contributed by atoms with E-state index in [0.717, 1.165) is 19.3 Å². The molecule has 1 heterocycles. The summed E-state index contributed by atoms with van der Waals surface area (Å²) in [6, 6.07) is 17.1. The van der Waals surface area contributed by atoms with Crippen LogP contribution >= 0.6 is 0 Å². The van der Waals surface area contributed by atoms with Crippen molar-refractivity contribution < 1.29 is 19.5 Å². The molecular weight excluding hydrogens is 370 g/mol. The largest absolute Gasteiger partial charge is 0.475 e. The number of unbranched alkanes of at least 4 members (excludes halogenated alkanes) is 1. The predicted molar refractivity (Wildman–Crippen MR) is 109 cm³/mol. The van der Waals surface area contributed by atoms with Gasteiger partial charge in [0.2, 0.25) is 5.78 Å². The first-order valence-corrected chi connectivity index (χ1v) is 9.43. The summed E-state index contributed by atoms with van der Waals surface area (Å²) in [5.41, 5.74) is 1.32. The minimum atomic E-state index is -1.68. The topological polar surface area (TPSA) is 93.4 Å². The highest BCUT2D eigenvalue weighted by Gasteiger charge is 2.21. The van der Waals surface area contributed by atoms with Crippen LogP contribution in [0.1, 0.15) is 35.2 Å².